The van der Waals surface area contributed by atoms with Crippen LogP contribution in [0.1, 0.15) is 48.9 Å². The van der Waals surface area contributed by atoms with Crippen molar-refractivity contribution in [2.75, 3.05) is 13.1 Å². The molecule has 2 aromatic rings. The minimum atomic E-state index is -3.80. The molecule has 2 aromatic carbocycles. The lowest BCUT2D eigenvalue weighted by atomic mass is 9.88. The summed E-state index contributed by atoms with van der Waals surface area (Å²) in [6.45, 7) is 0.449. The number of nitrogens with zero attached hydrogens (tertiary/aromatic N) is 1. The van der Waals surface area contributed by atoms with E-state index in [-0.39, 0.29) is 52.8 Å². The number of amides is 2. The largest absolute Gasteiger partial charge is 0.351 e. The molecule has 4 rings (SSSR count). The molecule has 1 heterocycles. The molecular formula is C25H29Cl2N3O4S. The summed E-state index contributed by atoms with van der Waals surface area (Å²) in [5, 5.41) is 6.64. The lowest BCUT2D eigenvalue weighted by Gasteiger charge is -2.35. The van der Waals surface area contributed by atoms with Gasteiger partial charge in [-0.3, -0.25) is 9.59 Å². The summed E-state index contributed by atoms with van der Waals surface area (Å²) in [4.78, 5) is 25.7. The third-order valence-corrected chi connectivity index (χ3v) is 9.40. The number of benzene rings is 2. The number of hydrogen-bond acceptors (Lipinski definition) is 4. The van der Waals surface area contributed by atoms with Crippen molar-refractivity contribution < 1.29 is 18.0 Å². The van der Waals surface area contributed by atoms with Crippen LogP contribution in [0.2, 0.25) is 10.0 Å². The van der Waals surface area contributed by atoms with Crippen LogP contribution in [0.3, 0.4) is 0 Å². The monoisotopic (exact) mass is 537 g/mol. The Bertz CT molecular complexity index is 1170. The number of nitrogens with one attached hydrogen (secondary N) is 2. The highest BCUT2D eigenvalue weighted by molar-refractivity contribution is 7.89. The minimum Gasteiger partial charge on any atom is -0.351 e. The van der Waals surface area contributed by atoms with Crippen molar-refractivity contribution in [3.8, 4) is 0 Å². The summed E-state index contributed by atoms with van der Waals surface area (Å²) >= 11 is 12.1. The van der Waals surface area contributed by atoms with Crippen LogP contribution >= 0.6 is 23.2 Å². The van der Waals surface area contributed by atoms with E-state index in [9.17, 15) is 18.0 Å². The molecule has 2 fully saturated rings. The average Bonchev–Trinajstić information content (AvgIpc) is 2.87. The lowest BCUT2D eigenvalue weighted by Crippen LogP contribution is -2.55. The highest BCUT2D eigenvalue weighted by Gasteiger charge is 2.35. The van der Waals surface area contributed by atoms with Crippen LogP contribution in [0, 0.1) is 5.92 Å². The molecule has 0 unspecified atom stereocenters. The molecule has 0 bridgehead atoms. The highest BCUT2D eigenvalue weighted by Crippen LogP contribution is 2.30. The van der Waals surface area contributed by atoms with Gasteiger partial charge in [0.2, 0.25) is 15.9 Å². The zero-order valence-corrected chi connectivity index (χ0v) is 21.6. The van der Waals surface area contributed by atoms with Crippen molar-refractivity contribution in [1.82, 2.24) is 14.9 Å². The van der Waals surface area contributed by atoms with E-state index in [1.807, 2.05) is 18.2 Å². The Morgan fingerprint density at radius 1 is 0.857 bits per heavy atom. The quantitative estimate of drug-likeness (QED) is 0.575. The molecule has 0 radical (unpaired) electrons. The fraction of sp³-hybridized carbons (Fsp3) is 0.440. The molecule has 1 aliphatic carbocycles. The third kappa shape index (κ3) is 6.17. The Morgan fingerprint density at radius 3 is 2.14 bits per heavy atom. The van der Waals surface area contributed by atoms with E-state index in [4.69, 9.17) is 23.2 Å². The van der Waals surface area contributed by atoms with Crippen molar-refractivity contribution >= 4 is 45.0 Å². The highest BCUT2D eigenvalue weighted by atomic mass is 35.5. The Balaban J connectivity index is 1.34. The van der Waals surface area contributed by atoms with E-state index < -0.39 is 10.0 Å². The Labute approximate surface area is 216 Å². The first-order valence-corrected chi connectivity index (χ1v) is 14.1. The van der Waals surface area contributed by atoms with E-state index in [1.165, 1.54) is 16.4 Å². The molecule has 1 saturated heterocycles. The summed E-state index contributed by atoms with van der Waals surface area (Å²) in [6.07, 6.45) is 4.41. The van der Waals surface area contributed by atoms with Gasteiger partial charge in [-0.05, 0) is 56.0 Å². The molecular weight excluding hydrogens is 509 g/mol. The van der Waals surface area contributed by atoms with Gasteiger partial charge in [-0.2, -0.15) is 4.31 Å². The van der Waals surface area contributed by atoms with Crippen LogP contribution in [-0.4, -0.2) is 49.7 Å². The Kier molecular flexibility index (Phi) is 8.37. The molecule has 2 N–H and O–H groups in total. The first-order chi connectivity index (χ1) is 16.8. The van der Waals surface area contributed by atoms with Gasteiger partial charge in [-0.1, -0.05) is 54.2 Å². The summed E-state index contributed by atoms with van der Waals surface area (Å²) in [5.41, 5.74) is 0.594. The number of hydrogen-bond donors (Lipinski definition) is 2. The van der Waals surface area contributed by atoms with Crippen molar-refractivity contribution in [2.24, 2.45) is 5.92 Å². The van der Waals surface area contributed by atoms with Crippen LogP contribution in [0.4, 0.5) is 0 Å². The number of rotatable bonds is 6. The second kappa shape index (κ2) is 11.3. The molecule has 35 heavy (non-hydrogen) atoms. The van der Waals surface area contributed by atoms with Crippen LogP contribution in [-0.2, 0) is 14.8 Å². The van der Waals surface area contributed by atoms with Crippen molar-refractivity contribution in [3.05, 3.63) is 64.1 Å². The molecule has 2 aliphatic rings. The van der Waals surface area contributed by atoms with Crippen molar-refractivity contribution in [1.29, 1.82) is 0 Å². The second-order valence-corrected chi connectivity index (χ2v) is 11.8. The number of halogens is 2. The zero-order valence-electron chi connectivity index (χ0n) is 19.3. The SMILES string of the molecule is O=C(N[C@@H]1CCCC[C@H]1NC(=O)C1CCN(S(=O)(=O)c2cc(Cl)ccc2Cl)CC1)c1ccccc1. The van der Waals surface area contributed by atoms with E-state index >= 15 is 0 Å². The summed E-state index contributed by atoms with van der Waals surface area (Å²) in [6, 6.07) is 13.1. The van der Waals surface area contributed by atoms with E-state index in [2.05, 4.69) is 10.6 Å². The lowest BCUT2D eigenvalue weighted by molar-refractivity contribution is -0.127. The van der Waals surface area contributed by atoms with Crippen LogP contribution in [0.15, 0.2) is 53.4 Å². The summed E-state index contributed by atoms with van der Waals surface area (Å²) in [7, 11) is -3.80. The number of carbonyl (C=O) groups excluding carboxylic acids is 2. The van der Waals surface area contributed by atoms with Gasteiger partial charge in [0.25, 0.3) is 5.91 Å². The van der Waals surface area contributed by atoms with Gasteiger partial charge in [-0.25, -0.2) is 8.42 Å². The average molecular weight is 538 g/mol. The Morgan fingerprint density at radius 2 is 1.49 bits per heavy atom. The number of carbonyl (C=O) groups is 2. The van der Waals surface area contributed by atoms with Crippen LogP contribution in [0.5, 0.6) is 0 Å². The molecule has 2 amide bonds. The molecule has 1 saturated carbocycles. The normalized spacial score (nSPS) is 21.9. The van der Waals surface area contributed by atoms with Gasteiger partial charge in [0.05, 0.1) is 5.02 Å². The maximum absolute atomic E-state index is 13.1. The van der Waals surface area contributed by atoms with Crippen molar-refractivity contribution in [3.63, 3.8) is 0 Å². The molecule has 0 spiro atoms. The first-order valence-electron chi connectivity index (χ1n) is 11.9. The Hall–Kier alpha value is -2.13. The molecule has 0 aromatic heterocycles. The fourth-order valence-corrected chi connectivity index (χ4v) is 7.00. The number of piperidine rings is 1. The molecule has 1 aliphatic heterocycles. The molecule has 2 atom stereocenters. The predicted octanol–water partition coefficient (Wildman–Crippen LogP) is 4.25. The van der Waals surface area contributed by atoms with Crippen LogP contribution < -0.4 is 10.6 Å². The standard InChI is InChI=1S/C25H29Cl2N3O4S/c26-19-10-11-20(27)23(16-19)35(33,34)30-14-12-18(13-15-30)25(32)29-22-9-5-4-8-21(22)28-24(31)17-6-2-1-3-7-17/h1-3,6-7,10-11,16,18,21-22H,4-5,8-9,12-15H2,(H,28,31)(H,29,32)/t21-,22-/m1/s1. The number of sulfonamides is 1. The van der Waals surface area contributed by atoms with Gasteiger partial charge in [0.1, 0.15) is 4.90 Å². The van der Waals surface area contributed by atoms with Gasteiger partial charge >= 0.3 is 0 Å². The molecule has 7 nitrogen and oxygen atoms in total. The summed E-state index contributed by atoms with van der Waals surface area (Å²) in [5.74, 6) is -0.521. The minimum absolute atomic E-state index is 0.0197. The first kappa shape index (κ1) is 25.9. The van der Waals surface area contributed by atoms with Gasteiger partial charge in [-0.15, -0.1) is 0 Å². The molecule has 188 valence electrons. The smallest absolute Gasteiger partial charge is 0.251 e. The van der Waals surface area contributed by atoms with Crippen molar-refractivity contribution in [2.45, 2.75) is 55.5 Å². The van der Waals surface area contributed by atoms with Crippen LogP contribution in [0.25, 0.3) is 0 Å². The van der Waals surface area contributed by atoms with E-state index in [0.717, 1.165) is 25.7 Å². The predicted molar refractivity (Wildman–Crippen MR) is 136 cm³/mol. The van der Waals surface area contributed by atoms with E-state index in [1.54, 1.807) is 18.2 Å². The van der Waals surface area contributed by atoms with E-state index in [0.29, 0.717) is 23.4 Å². The maximum Gasteiger partial charge on any atom is 0.251 e. The van der Waals surface area contributed by atoms with Gasteiger partial charge < -0.3 is 10.6 Å². The molecule has 10 heteroatoms. The zero-order chi connectivity index (χ0) is 25.0. The second-order valence-electron chi connectivity index (χ2n) is 9.10. The third-order valence-electron chi connectivity index (χ3n) is 6.78. The maximum atomic E-state index is 13.1. The topological polar surface area (TPSA) is 95.6 Å². The fourth-order valence-electron chi connectivity index (χ4n) is 4.79. The van der Waals surface area contributed by atoms with Gasteiger partial charge in [0, 0.05) is 41.7 Å². The van der Waals surface area contributed by atoms with Gasteiger partial charge in [0.15, 0.2) is 0 Å². The summed E-state index contributed by atoms with van der Waals surface area (Å²) < 4.78 is 27.5.